The smallest absolute Gasteiger partial charge is 0.146 e. The molecule has 0 unspecified atom stereocenters. The first-order chi connectivity index (χ1) is 7.70. The van der Waals surface area contributed by atoms with Crippen LogP contribution in [-0.4, -0.2) is 31.3 Å². The van der Waals surface area contributed by atoms with Crippen LogP contribution < -0.4 is 10.2 Å². The van der Waals surface area contributed by atoms with E-state index < -0.39 is 6.10 Å². The predicted octanol–water partition coefficient (Wildman–Crippen LogP) is 1.29. The van der Waals surface area contributed by atoms with Crippen molar-refractivity contribution in [2.24, 2.45) is 0 Å². The summed E-state index contributed by atoms with van der Waals surface area (Å²) in [5, 5.41) is 12.9. The van der Waals surface area contributed by atoms with Gasteiger partial charge in [-0.3, -0.25) is 0 Å². The lowest BCUT2D eigenvalue weighted by Gasteiger charge is -2.31. The van der Waals surface area contributed by atoms with E-state index in [1.807, 2.05) is 4.90 Å². The van der Waals surface area contributed by atoms with Crippen molar-refractivity contribution in [3.05, 3.63) is 29.6 Å². The van der Waals surface area contributed by atoms with Gasteiger partial charge in [-0.05, 0) is 13.0 Å². The highest BCUT2D eigenvalue weighted by Crippen LogP contribution is 2.29. The number of halogens is 1. The van der Waals surface area contributed by atoms with Gasteiger partial charge >= 0.3 is 0 Å². The normalized spacial score (nSPS) is 18.6. The van der Waals surface area contributed by atoms with E-state index >= 15 is 0 Å². The highest BCUT2D eigenvalue weighted by molar-refractivity contribution is 5.56. The summed E-state index contributed by atoms with van der Waals surface area (Å²) in [4.78, 5) is 1.99. The molecule has 4 heteroatoms. The van der Waals surface area contributed by atoms with Gasteiger partial charge in [0.05, 0.1) is 11.8 Å². The molecule has 0 spiro atoms. The van der Waals surface area contributed by atoms with E-state index in [0.29, 0.717) is 11.3 Å². The fourth-order valence-electron chi connectivity index (χ4n) is 2.09. The summed E-state index contributed by atoms with van der Waals surface area (Å²) in [5.74, 6) is -0.250. The molecule has 0 aromatic heterocycles. The van der Waals surface area contributed by atoms with Crippen LogP contribution in [0.4, 0.5) is 10.1 Å². The topological polar surface area (TPSA) is 35.5 Å². The molecule has 1 aliphatic rings. The first-order valence-corrected chi connectivity index (χ1v) is 5.62. The number of para-hydroxylation sites is 1. The van der Waals surface area contributed by atoms with Crippen LogP contribution >= 0.6 is 0 Å². The molecule has 16 heavy (non-hydrogen) atoms. The third-order valence-electron chi connectivity index (χ3n) is 2.90. The highest BCUT2D eigenvalue weighted by Gasteiger charge is 2.19. The van der Waals surface area contributed by atoms with Gasteiger partial charge in [-0.2, -0.15) is 0 Å². The van der Waals surface area contributed by atoms with E-state index in [1.165, 1.54) is 6.07 Å². The van der Waals surface area contributed by atoms with Crippen molar-refractivity contribution in [3.63, 3.8) is 0 Å². The summed E-state index contributed by atoms with van der Waals surface area (Å²) in [7, 11) is 0. The van der Waals surface area contributed by atoms with E-state index in [0.717, 1.165) is 26.2 Å². The Labute approximate surface area is 94.9 Å². The molecule has 3 nitrogen and oxygen atoms in total. The highest BCUT2D eigenvalue weighted by atomic mass is 19.1. The maximum atomic E-state index is 13.8. The maximum Gasteiger partial charge on any atom is 0.146 e. The average molecular weight is 224 g/mol. The molecule has 88 valence electrons. The number of hydrogen-bond acceptors (Lipinski definition) is 3. The van der Waals surface area contributed by atoms with E-state index in [9.17, 15) is 9.50 Å². The standard InChI is InChI=1S/C12H17FN2O/c1-9(16)10-3-2-4-11(13)12(10)15-7-5-14-6-8-15/h2-4,9,14,16H,5-8H2,1H3/t9-/m0/s1. The summed E-state index contributed by atoms with van der Waals surface area (Å²) < 4.78 is 13.8. The Kier molecular flexibility index (Phi) is 3.41. The molecule has 1 fully saturated rings. The van der Waals surface area contributed by atoms with E-state index in [4.69, 9.17) is 0 Å². The molecule has 1 atom stereocenters. The van der Waals surface area contributed by atoms with Crippen LogP contribution in [0.15, 0.2) is 18.2 Å². The molecule has 2 N–H and O–H groups in total. The number of benzene rings is 1. The number of hydrogen-bond donors (Lipinski definition) is 2. The molecule has 0 saturated carbocycles. The first-order valence-electron chi connectivity index (χ1n) is 5.62. The van der Waals surface area contributed by atoms with Crippen LogP contribution in [0, 0.1) is 5.82 Å². The lowest BCUT2D eigenvalue weighted by molar-refractivity contribution is 0.199. The second-order valence-corrected chi connectivity index (χ2v) is 4.09. The number of aliphatic hydroxyl groups is 1. The van der Waals surface area contributed by atoms with Crippen molar-refractivity contribution in [2.75, 3.05) is 31.1 Å². The molecule has 1 aromatic carbocycles. The minimum atomic E-state index is -0.638. The first kappa shape index (κ1) is 11.4. The van der Waals surface area contributed by atoms with Gasteiger partial charge in [-0.15, -0.1) is 0 Å². The summed E-state index contributed by atoms with van der Waals surface area (Å²) >= 11 is 0. The molecule has 0 amide bonds. The molecule has 1 saturated heterocycles. The Hall–Kier alpha value is -1.13. The second-order valence-electron chi connectivity index (χ2n) is 4.09. The Morgan fingerprint density at radius 2 is 2.06 bits per heavy atom. The monoisotopic (exact) mass is 224 g/mol. The molecule has 1 aliphatic heterocycles. The molecule has 2 rings (SSSR count). The summed E-state index contributed by atoms with van der Waals surface area (Å²) in [5.41, 5.74) is 1.22. The lowest BCUT2D eigenvalue weighted by atomic mass is 10.1. The molecule has 1 aromatic rings. The van der Waals surface area contributed by atoms with Crippen LogP contribution in [0.25, 0.3) is 0 Å². The molecular weight excluding hydrogens is 207 g/mol. The zero-order valence-corrected chi connectivity index (χ0v) is 9.41. The number of rotatable bonds is 2. The lowest BCUT2D eigenvalue weighted by Crippen LogP contribution is -2.44. The van der Waals surface area contributed by atoms with Crippen LogP contribution in [0.2, 0.25) is 0 Å². The van der Waals surface area contributed by atoms with Crippen molar-refractivity contribution in [1.82, 2.24) is 5.32 Å². The molecule has 0 aliphatic carbocycles. The van der Waals surface area contributed by atoms with Crippen molar-refractivity contribution in [3.8, 4) is 0 Å². The number of piperazine rings is 1. The minimum absolute atomic E-state index is 0.250. The summed E-state index contributed by atoms with van der Waals surface area (Å²) in [6, 6.07) is 4.87. The van der Waals surface area contributed by atoms with Gasteiger partial charge in [-0.1, -0.05) is 12.1 Å². The molecule has 0 radical (unpaired) electrons. The predicted molar refractivity (Wildman–Crippen MR) is 62.1 cm³/mol. The third-order valence-corrected chi connectivity index (χ3v) is 2.90. The number of aliphatic hydroxyl groups excluding tert-OH is 1. The van der Waals surface area contributed by atoms with Crippen LogP contribution in [0.1, 0.15) is 18.6 Å². The van der Waals surface area contributed by atoms with Gasteiger partial charge in [0.15, 0.2) is 0 Å². The number of nitrogens with one attached hydrogen (secondary N) is 1. The van der Waals surface area contributed by atoms with Crippen LogP contribution in [0.3, 0.4) is 0 Å². The van der Waals surface area contributed by atoms with E-state index in [1.54, 1.807) is 19.1 Å². The number of anilines is 1. The van der Waals surface area contributed by atoms with Gasteiger partial charge < -0.3 is 15.3 Å². The van der Waals surface area contributed by atoms with Gasteiger partial charge in [0.1, 0.15) is 5.82 Å². The summed E-state index contributed by atoms with van der Waals surface area (Å²) in [6.07, 6.45) is -0.638. The van der Waals surface area contributed by atoms with E-state index in [2.05, 4.69) is 5.32 Å². The average Bonchev–Trinajstić information content (AvgIpc) is 2.29. The third kappa shape index (κ3) is 2.18. The van der Waals surface area contributed by atoms with Crippen molar-refractivity contribution in [1.29, 1.82) is 0 Å². The Balaban J connectivity index is 2.36. The fraction of sp³-hybridized carbons (Fsp3) is 0.500. The second kappa shape index (κ2) is 4.80. The van der Waals surface area contributed by atoms with Crippen molar-refractivity contribution >= 4 is 5.69 Å². The molecule has 0 bridgehead atoms. The minimum Gasteiger partial charge on any atom is -0.389 e. The molecule has 1 heterocycles. The quantitative estimate of drug-likeness (QED) is 0.794. The molecular formula is C12H17FN2O. The summed E-state index contributed by atoms with van der Waals surface area (Å²) in [6.45, 7) is 4.93. The van der Waals surface area contributed by atoms with Crippen molar-refractivity contribution in [2.45, 2.75) is 13.0 Å². The van der Waals surface area contributed by atoms with Gasteiger partial charge in [-0.25, -0.2) is 4.39 Å². The Morgan fingerprint density at radius 1 is 1.38 bits per heavy atom. The van der Waals surface area contributed by atoms with Crippen LogP contribution in [-0.2, 0) is 0 Å². The maximum absolute atomic E-state index is 13.8. The van der Waals surface area contributed by atoms with Gasteiger partial charge in [0.25, 0.3) is 0 Å². The fourth-order valence-corrected chi connectivity index (χ4v) is 2.09. The Bertz CT molecular complexity index is 362. The van der Waals surface area contributed by atoms with Crippen molar-refractivity contribution < 1.29 is 9.50 Å². The van der Waals surface area contributed by atoms with Gasteiger partial charge in [0.2, 0.25) is 0 Å². The SMILES string of the molecule is C[C@H](O)c1cccc(F)c1N1CCNCC1. The van der Waals surface area contributed by atoms with Gasteiger partial charge in [0, 0.05) is 31.7 Å². The largest absolute Gasteiger partial charge is 0.389 e. The Morgan fingerprint density at radius 3 is 2.69 bits per heavy atom. The van der Waals surface area contributed by atoms with E-state index in [-0.39, 0.29) is 5.82 Å². The zero-order valence-electron chi connectivity index (χ0n) is 9.41. The zero-order chi connectivity index (χ0) is 11.5. The number of nitrogens with zero attached hydrogens (tertiary/aromatic N) is 1. The van der Waals surface area contributed by atoms with Crippen LogP contribution in [0.5, 0.6) is 0 Å².